The number of hydrogen-bond acceptors (Lipinski definition) is 0. The molecule has 1 aliphatic rings. The first-order valence-electron chi connectivity index (χ1n) is 6.08. The number of hydrogen-bond donors (Lipinski definition) is 0. The van der Waals surface area contributed by atoms with E-state index in [1.165, 1.54) is 22.3 Å². The molecule has 0 amide bonds. The molecule has 3 rings (SSSR count). The molecule has 0 N–H and O–H groups in total. The van der Waals surface area contributed by atoms with Gasteiger partial charge in [0.05, 0.1) is 0 Å². The van der Waals surface area contributed by atoms with Gasteiger partial charge in [0.2, 0.25) is 0 Å². The molecule has 0 radical (unpaired) electrons. The number of fused-ring (bicyclic) bond motifs is 1. The van der Waals surface area contributed by atoms with Crippen molar-refractivity contribution in [1.82, 2.24) is 0 Å². The van der Waals surface area contributed by atoms with Gasteiger partial charge in [-0.25, -0.2) is 0 Å². The molecule has 0 saturated heterocycles. The molecule has 0 aliphatic heterocycles. The summed E-state index contributed by atoms with van der Waals surface area (Å²) in [5.41, 5.74) is 6.27. The van der Waals surface area contributed by atoms with Crippen molar-refractivity contribution in [3.05, 3.63) is 76.9 Å². The maximum Gasteiger partial charge on any atom is -0.0178 e. The first-order chi connectivity index (χ1) is 8.85. The minimum atomic E-state index is 1.15. The zero-order valence-electron chi connectivity index (χ0n) is 10.1. The van der Waals surface area contributed by atoms with E-state index < -0.39 is 0 Å². The highest BCUT2D eigenvalue weighted by Gasteiger charge is 2.03. The van der Waals surface area contributed by atoms with Gasteiger partial charge in [-0.05, 0) is 33.9 Å². The van der Waals surface area contributed by atoms with Gasteiger partial charge in [0, 0.05) is 0 Å². The summed E-state index contributed by atoms with van der Waals surface area (Å²) >= 11 is 0. The van der Waals surface area contributed by atoms with E-state index in [0.717, 1.165) is 5.56 Å². The zero-order chi connectivity index (χ0) is 12.4. The second kappa shape index (κ2) is 4.50. The highest BCUT2D eigenvalue weighted by Crippen LogP contribution is 2.25. The van der Waals surface area contributed by atoms with E-state index in [2.05, 4.69) is 73.3 Å². The smallest absolute Gasteiger partial charge is 0.0178 e. The lowest BCUT2D eigenvalue weighted by Gasteiger charge is -2.10. The van der Waals surface area contributed by atoms with E-state index in [-0.39, 0.29) is 0 Å². The van der Waals surface area contributed by atoms with Gasteiger partial charge in [-0.3, -0.25) is 0 Å². The topological polar surface area (TPSA) is 0 Å². The third-order valence-corrected chi connectivity index (χ3v) is 3.19. The molecule has 0 atom stereocenters. The SMILES string of the molecule is C=Cc1ccc(C=Cc2ccc3c(c2)C=C3)cc1. The van der Waals surface area contributed by atoms with Crippen LogP contribution in [0.5, 0.6) is 0 Å². The maximum atomic E-state index is 3.75. The Kier molecular flexibility index (Phi) is 2.70. The fourth-order valence-electron chi connectivity index (χ4n) is 2.01. The summed E-state index contributed by atoms with van der Waals surface area (Å²) in [6.07, 6.45) is 10.4. The Morgan fingerprint density at radius 3 is 1.89 bits per heavy atom. The van der Waals surface area contributed by atoms with Crippen molar-refractivity contribution in [3.8, 4) is 0 Å². The number of rotatable bonds is 3. The second-order valence-electron chi connectivity index (χ2n) is 4.43. The van der Waals surface area contributed by atoms with Gasteiger partial charge in [0.1, 0.15) is 0 Å². The van der Waals surface area contributed by atoms with Crippen molar-refractivity contribution < 1.29 is 0 Å². The molecule has 0 aromatic heterocycles. The summed E-state index contributed by atoms with van der Waals surface area (Å²) in [6, 6.07) is 14.9. The van der Waals surface area contributed by atoms with E-state index in [9.17, 15) is 0 Å². The van der Waals surface area contributed by atoms with Gasteiger partial charge in [0.15, 0.2) is 0 Å². The van der Waals surface area contributed by atoms with Crippen molar-refractivity contribution in [2.24, 2.45) is 0 Å². The summed E-state index contributed by atoms with van der Waals surface area (Å²) < 4.78 is 0. The fraction of sp³-hybridized carbons (Fsp3) is 0. The van der Waals surface area contributed by atoms with Crippen molar-refractivity contribution in [2.75, 3.05) is 0 Å². The van der Waals surface area contributed by atoms with E-state index >= 15 is 0 Å². The maximum absolute atomic E-state index is 3.75. The summed E-state index contributed by atoms with van der Waals surface area (Å²) in [5.74, 6) is 0. The Morgan fingerprint density at radius 1 is 0.667 bits per heavy atom. The first-order valence-corrected chi connectivity index (χ1v) is 6.08. The van der Waals surface area contributed by atoms with Crippen LogP contribution in [0.25, 0.3) is 30.4 Å². The van der Waals surface area contributed by atoms with Gasteiger partial charge in [-0.1, -0.05) is 73.4 Å². The van der Waals surface area contributed by atoms with Gasteiger partial charge in [0.25, 0.3) is 0 Å². The van der Waals surface area contributed by atoms with Crippen LogP contribution in [0.15, 0.2) is 49.0 Å². The van der Waals surface area contributed by atoms with Crippen molar-refractivity contribution >= 4 is 30.4 Å². The lowest BCUT2D eigenvalue weighted by atomic mass is 9.95. The second-order valence-corrected chi connectivity index (χ2v) is 4.43. The quantitative estimate of drug-likeness (QED) is 0.556. The Hall–Kier alpha value is -2.34. The molecule has 0 saturated carbocycles. The van der Waals surface area contributed by atoms with E-state index in [0.29, 0.717) is 0 Å². The van der Waals surface area contributed by atoms with Crippen LogP contribution < -0.4 is 0 Å². The van der Waals surface area contributed by atoms with Gasteiger partial charge in [-0.2, -0.15) is 0 Å². The van der Waals surface area contributed by atoms with Crippen LogP contribution in [0.1, 0.15) is 27.8 Å². The van der Waals surface area contributed by atoms with Crippen LogP contribution in [-0.4, -0.2) is 0 Å². The molecular formula is C18H14. The van der Waals surface area contributed by atoms with Gasteiger partial charge in [-0.15, -0.1) is 0 Å². The van der Waals surface area contributed by atoms with Gasteiger partial charge < -0.3 is 0 Å². The Labute approximate surface area is 108 Å². The van der Waals surface area contributed by atoms with E-state index in [1.54, 1.807) is 0 Å². The van der Waals surface area contributed by atoms with E-state index in [4.69, 9.17) is 0 Å². The predicted molar refractivity (Wildman–Crippen MR) is 80.8 cm³/mol. The van der Waals surface area contributed by atoms with Crippen LogP contribution in [0.3, 0.4) is 0 Å². The molecular weight excluding hydrogens is 216 g/mol. The predicted octanol–water partition coefficient (Wildman–Crippen LogP) is 4.98. The minimum Gasteiger partial charge on any atom is -0.0985 e. The summed E-state index contributed by atoms with van der Waals surface area (Å²) in [7, 11) is 0. The molecule has 2 aromatic carbocycles. The van der Waals surface area contributed by atoms with Crippen LogP contribution >= 0.6 is 0 Å². The van der Waals surface area contributed by atoms with Crippen LogP contribution in [0, 0.1) is 0 Å². The van der Waals surface area contributed by atoms with Crippen LogP contribution in [-0.2, 0) is 0 Å². The molecule has 0 unspecified atom stereocenters. The molecule has 0 spiro atoms. The highest BCUT2D eigenvalue weighted by molar-refractivity contribution is 5.87. The van der Waals surface area contributed by atoms with Gasteiger partial charge >= 0.3 is 0 Å². The molecule has 1 aliphatic carbocycles. The average Bonchev–Trinajstić information content (AvgIpc) is 2.39. The molecule has 86 valence electrons. The molecule has 0 nitrogen and oxygen atoms in total. The minimum absolute atomic E-state index is 1.15. The third-order valence-electron chi connectivity index (χ3n) is 3.19. The third kappa shape index (κ3) is 2.05. The molecule has 2 aromatic rings. The zero-order valence-corrected chi connectivity index (χ0v) is 10.1. The summed E-state index contributed by atoms with van der Waals surface area (Å²) in [4.78, 5) is 0. The monoisotopic (exact) mass is 230 g/mol. The lowest BCUT2D eigenvalue weighted by molar-refractivity contribution is 1.55. The van der Waals surface area contributed by atoms with Crippen LogP contribution in [0.2, 0.25) is 0 Å². The van der Waals surface area contributed by atoms with Crippen molar-refractivity contribution in [3.63, 3.8) is 0 Å². The number of benzene rings is 2. The molecule has 0 heteroatoms. The average molecular weight is 230 g/mol. The molecule has 0 heterocycles. The Morgan fingerprint density at radius 2 is 1.28 bits per heavy atom. The molecule has 18 heavy (non-hydrogen) atoms. The van der Waals surface area contributed by atoms with Crippen molar-refractivity contribution in [1.29, 1.82) is 0 Å². The van der Waals surface area contributed by atoms with Crippen molar-refractivity contribution in [2.45, 2.75) is 0 Å². The standard InChI is InChI=1S/C18H14/c1-2-14-3-5-15(6-4-14)7-8-16-9-10-17-11-12-18(17)13-16/h2-13H,1H2. The summed E-state index contributed by atoms with van der Waals surface area (Å²) in [5, 5.41) is 0. The first kappa shape index (κ1) is 10.8. The normalized spacial score (nSPS) is 12.2. The largest absolute Gasteiger partial charge is 0.0985 e. The Balaban J connectivity index is 1.80. The van der Waals surface area contributed by atoms with E-state index in [1.807, 2.05) is 6.08 Å². The van der Waals surface area contributed by atoms with Crippen LogP contribution in [0.4, 0.5) is 0 Å². The molecule has 0 bridgehead atoms. The lowest BCUT2D eigenvalue weighted by Crippen LogP contribution is -1.89. The fourth-order valence-corrected chi connectivity index (χ4v) is 2.01. The summed E-state index contributed by atoms with van der Waals surface area (Å²) in [6.45, 7) is 3.75. The molecule has 0 fully saturated rings. The highest BCUT2D eigenvalue weighted by atomic mass is 14.1. The Bertz CT molecular complexity index is 640.